The summed E-state index contributed by atoms with van der Waals surface area (Å²) in [4.78, 5) is 20.4. The third-order valence-corrected chi connectivity index (χ3v) is 4.69. The first-order valence-electron chi connectivity index (χ1n) is 8.29. The Balaban J connectivity index is 0.00000280. The molecule has 0 aliphatic rings. The van der Waals surface area contributed by atoms with E-state index in [4.69, 9.17) is 0 Å². The summed E-state index contributed by atoms with van der Waals surface area (Å²) in [5.41, 5.74) is 3.48. The lowest BCUT2D eigenvalue weighted by molar-refractivity contribution is 0.102. The quantitative estimate of drug-likeness (QED) is 0.532. The number of amides is 1. The highest BCUT2D eigenvalue weighted by atomic mass is 79.9. The van der Waals surface area contributed by atoms with Crippen LogP contribution in [0, 0.1) is 12.7 Å². The molecule has 7 heteroatoms. The molecule has 0 spiro atoms. The summed E-state index contributed by atoms with van der Waals surface area (Å²) >= 11 is 3.43. The van der Waals surface area contributed by atoms with E-state index >= 15 is 0 Å². The Labute approximate surface area is 177 Å². The monoisotopic (exact) mass is 461 g/mol. The van der Waals surface area contributed by atoms with Crippen molar-refractivity contribution >= 4 is 45.6 Å². The van der Waals surface area contributed by atoms with Gasteiger partial charge >= 0.3 is 0 Å². The maximum atomic E-state index is 13.6. The normalized spacial score (nSPS) is 10.9. The average molecular weight is 463 g/mol. The molecule has 0 aliphatic carbocycles. The molecule has 0 bridgehead atoms. The summed E-state index contributed by atoms with van der Waals surface area (Å²) in [6, 6.07) is 11.6. The number of nitrogens with zero attached hydrogens (tertiary/aromatic N) is 2. The Morgan fingerprint density at radius 2 is 1.75 bits per heavy atom. The number of allylic oxidation sites excluding steroid dienone is 1. The molecule has 2 aromatic heterocycles. The van der Waals surface area contributed by atoms with Gasteiger partial charge in [0, 0.05) is 28.0 Å². The van der Waals surface area contributed by atoms with E-state index in [2.05, 4.69) is 31.2 Å². The Morgan fingerprint density at radius 1 is 1.07 bits per heavy atom. The largest absolute Gasteiger partial charge is 0.307 e. The maximum Gasteiger partial charge on any atom is 0.258 e. The van der Waals surface area contributed by atoms with Crippen LogP contribution in [0.25, 0.3) is 5.57 Å². The van der Waals surface area contributed by atoms with Crippen molar-refractivity contribution in [3.63, 3.8) is 0 Å². The molecule has 3 aromatic rings. The standard InChI is InChI=1S/C21H17BrFN3O.ClH/c1-3-17(14-4-7-16(22)8-5-14)15-6-9-20(25-10-15)26-21(27)18-11-24-12-19(23)13(18)2;/h3-12H,1-2H3,(H,25,26,27);1H/b17-3-;. The van der Waals surface area contributed by atoms with E-state index in [9.17, 15) is 9.18 Å². The lowest BCUT2D eigenvalue weighted by atomic mass is 9.99. The van der Waals surface area contributed by atoms with Crippen LogP contribution in [0.4, 0.5) is 10.2 Å². The molecular weight excluding hydrogens is 445 g/mol. The summed E-state index contributed by atoms with van der Waals surface area (Å²) in [7, 11) is 0. The van der Waals surface area contributed by atoms with Crippen molar-refractivity contribution in [2.75, 3.05) is 5.32 Å². The fourth-order valence-corrected chi connectivity index (χ4v) is 2.93. The number of hydrogen-bond donors (Lipinski definition) is 1. The Hall–Kier alpha value is -2.57. The van der Waals surface area contributed by atoms with Crippen LogP contribution in [0.1, 0.15) is 34.0 Å². The maximum absolute atomic E-state index is 13.6. The number of rotatable bonds is 4. The van der Waals surface area contributed by atoms with Crippen molar-refractivity contribution in [2.24, 2.45) is 0 Å². The topological polar surface area (TPSA) is 54.9 Å². The molecule has 1 N–H and O–H groups in total. The minimum Gasteiger partial charge on any atom is -0.307 e. The molecule has 0 unspecified atom stereocenters. The van der Waals surface area contributed by atoms with Gasteiger partial charge in [-0.3, -0.25) is 9.78 Å². The number of carbonyl (C=O) groups is 1. The van der Waals surface area contributed by atoms with Gasteiger partial charge in [0.25, 0.3) is 5.91 Å². The van der Waals surface area contributed by atoms with Crippen molar-refractivity contribution in [3.05, 3.63) is 93.6 Å². The van der Waals surface area contributed by atoms with E-state index in [0.29, 0.717) is 5.82 Å². The van der Waals surface area contributed by atoms with Gasteiger partial charge in [0.1, 0.15) is 11.6 Å². The molecule has 2 heterocycles. The summed E-state index contributed by atoms with van der Waals surface area (Å²) in [5, 5.41) is 2.68. The van der Waals surface area contributed by atoms with Crippen LogP contribution in [0.15, 0.2) is 65.5 Å². The molecule has 3 rings (SSSR count). The second-order valence-electron chi connectivity index (χ2n) is 5.89. The van der Waals surface area contributed by atoms with Gasteiger partial charge in [-0.15, -0.1) is 12.4 Å². The second kappa shape index (κ2) is 9.57. The zero-order valence-corrected chi connectivity index (χ0v) is 17.6. The molecule has 0 saturated carbocycles. The highest BCUT2D eigenvalue weighted by Crippen LogP contribution is 2.25. The molecule has 144 valence electrons. The predicted octanol–water partition coefficient (Wildman–Crippen LogP) is 5.81. The Morgan fingerprint density at radius 3 is 2.36 bits per heavy atom. The number of anilines is 1. The van der Waals surface area contributed by atoms with Gasteiger partial charge in [-0.1, -0.05) is 34.1 Å². The van der Waals surface area contributed by atoms with E-state index in [1.165, 1.54) is 6.20 Å². The number of benzene rings is 1. The fourth-order valence-electron chi connectivity index (χ4n) is 2.67. The van der Waals surface area contributed by atoms with Gasteiger partial charge in [-0.2, -0.15) is 0 Å². The van der Waals surface area contributed by atoms with Crippen LogP contribution < -0.4 is 5.32 Å². The van der Waals surface area contributed by atoms with Gasteiger partial charge in [-0.05, 0) is 49.2 Å². The van der Waals surface area contributed by atoms with E-state index in [1.807, 2.05) is 43.3 Å². The van der Waals surface area contributed by atoms with Gasteiger partial charge in [0.15, 0.2) is 0 Å². The predicted molar refractivity (Wildman–Crippen MR) is 115 cm³/mol. The van der Waals surface area contributed by atoms with Crippen LogP contribution in [-0.4, -0.2) is 15.9 Å². The summed E-state index contributed by atoms with van der Waals surface area (Å²) in [6.07, 6.45) is 6.14. The molecule has 28 heavy (non-hydrogen) atoms. The Kier molecular flexibility index (Phi) is 7.43. The molecule has 0 fully saturated rings. The Bertz CT molecular complexity index is 1010. The number of halogens is 3. The van der Waals surface area contributed by atoms with Crippen molar-refractivity contribution < 1.29 is 9.18 Å². The van der Waals surface area contributed by atoms with Crippen molar-refractivity contribution in [2.45, 2.75) is 13.8 Å². The smallest absolute Gasteiger partial charge is 0.258 e. The summed E-state index contributed by atoms with van der Waals surface area (Å²) in [6.45, 7) is 3.51. The molecule has 0 saturated heterocycles. The first-order valence-corrected chi connectivity index (χ1v) is 9.09. The number of aromatic nitrogens is 2. The van der Waals surface area contributed by atoms with E-state index in [-0.39, 0.29) is 23.5 Å². The SMILES string of the molecule is C/C=C(/c1ccc(Br)cc1)c1ccc(NC(=O)c2cncc(F)c2C)nc1.Cl. The molecular formula is C21H18BrClFN3O. The summed E-state index contributed by atoms with van der Waals surface area (Å²) in [5.74, 6) is -0.573. The average Bonchev–Trinajstić information content (AvgIpc) is 2.67. The number of nitrogens with one attached hydrogen (secondary N) is 1. The van der Waals surface area contributed by atoms with Gasteiger partial charge < -0.3 is 5.32 Å². The molecule has 0 aliphatic heterocycles. The van der Waals surface area contributed by atoms with E-state index in [0.717, 1.165) is 27.4 Å². The second-order valence-corrected chi connectivity index (χ2v) is 6.81. The van der Waals surface area contributed by atoms with Crippen LogP contribution >= 0.6 is 28.3 Å². The van der Waals surface area contributed by atoms with E-state index < -0.39 is 11.7 Å². The third-order valence-electron chi connectivity index (χ3n) is 4.16. The van der Waals surface area contributed by atoms with Crippen LogP contribution in [0.3, 0.4) is 0 Å². The highest BCUT2D eigenvalue weighted by molar-refractivity contribution is 9.10. The minimum absolute atomic E-state index is 0. The van der Waals surface area contributed by atoms with Crippen LogP contribution in [0.5, 0.6) is 0 Å². The minimum atomic E-state index is -0.516. The van der Waals surface area contributed by atoms with Gasteiger partial charge in [-0.25, -0.2) is 9.37 Å². The highest BCUT2D eigenvalue weighted by Gasteiger charge is 2.13. The van der Waals surface area contributed by atoms with Gasteiger partial charge in [0.2, 0.25) is 0 Å². The third kappa shape index (κ3) is 4.82. The zero-order chi connectivity index (χ0) is 19.4. The molecule has 0 radical (unpaired) electrons. The van der Waals surface area contributed by atoms with Crippen molar-refractivity contribution in [1.82, 2.24) is 9.97 Å². The summed E-state index contributed by atoms with van der Waals surface area (Å²) < 4.78 is 14.6. The first kappa shape index (κ1) is 21.7. The first-order chi connectivity index (χ1) is 13.0. The lowest BCUT2D eigenvalue weighted by Crippen LogP contribution is -2.15. The molecule has 0 atom stereocenters. The van der Waals surface area contributed by atoms with E-state index in [1.54, 1.807) is 19.2 Å². The van der Waals surface area contributed by atoms with Crippen LogP contribution in [0.2, 0.25) is 0 Å². The van der Waals surface area contributed by atoms with Crippen molar-refractivity contribution in [1.29, 1.82) is 0 Å². The number of hydrogen-bond acceptors (Lipinski definition) is 3. The molecule has 1 aromatic carbocycles. The van der Waals surface area contributed by atoms with Crippen LogP contribution in [-0.2, 0) is 0 Å². The molecule has 1 amide bonds. The lowest BCUT2D eigenvalue weighted by Gasteiger charge is -2.10. The fraction of sp³-hybridized carbons (Fsp3) is 0.0952. The van der Waals surface area contributed by atoms with Gasteiger partial charge in [0.05, 0.1) is 11.8 Å². The zero-order valence-electron chi connectivity index (χ0n) is 15.2. The number of pyridine rings is 2. The van der Waals surface area contributed by atoms with Crippen molar-refractivity contribution in [3.8, 4) is 0 Å². The number of carbonyl (C=O) groups excluding carboxylic acids is 1. The molecule has 4 nitrogen and oxygen atoms in total.